The summed E-state index contributed by atoms with van der Waals surface area (Å²) in [6.07, 6.45) is 8.74. The zero-order valence-electron chi connectivity index (χ0n) is 19.0. The summed E-state index contributed by atoms with van der Waals surface area (Å²) in [7, 11) is -1.68. The summed E-state index contributed by atoms with van der Waals surface area (Å²) in [6.45, 7) is 0.378. The summed E-state index contributed by atoms with van der Waals surface area (Å²) < 4.78 is 30.6. The van der Waals surface area contributed by atoms with Gasteiger partial charge in [-0.1, -0.05) is 30.3 Å². The SMILES string of the molecule is Cn1cc(Nc2nccc(-c3cnn(C4(CC#N)CN(S(=O)(=O)Cc5ccccc5)C4)c3)n2)cn1. The molecule has 1 N–H and O–H groups in total. The quantitative estimate of drug-likeness (QED) is 0.398. The van der Waals surface area contributed by atoms with Gasteiger partial charge in [-0.05, 0) is 11.6 Å². The molecule has 1 aliphatic heterocycles. The van der Waals surface area contributed by atoms with Gasteiger partial charge in [0.2, 0.25) is 16.0 Å². The van der Waals surface area contributed by atoms with Crippen LogP contribution in [0.2, 0.25) is 0 Å². The Labute approximate surface area is 202 Å². The standard InChI is InChI=1S/C23H23N9O2S/c1-30-14-20(12-26-30)28-22-25-10-7-21(29-22)19-11-27-32(13-19)23(8-9-24)16-31(17-23)35(33,34)15-18-5-3-2-4-6-18/h2-7,10-14H,8,15-17H2,1H3,(H,25,28,29). The Bertz CT molecular complexity index is 1480. The van der Waals surface area contributed by atoms with Crippen molar-refractivity contribution in [2.75, 3.05) is 18.4 Å². The molecule has 3 aromatic heterocycles. The predicted molar refractivity (Wildman–Crippen MR) is 129 cm³/mol. The topological polar surface area (TPSA) is 135 Å². The second-order valence-electron chi connectivity index (χ2n) is 8.54. The van der Waals surface area contributed by atoms with Gasteiger partial charge in [0.1, 0.15) is 5.54 Å². The maximum atomic E-state index is 12.9. The number of anilines is 2. The van der Waals surface area contributed by atoms with Crippen LogP contribution in [0, 0.1) is 11.3 Å². The van der Waals surface area contributed by atoms with Crippen molar-refractivity contribution >= 4 is 21.7 Å². The third-order valence-electron chi connectivity index (χ3n) is 5.92. The molecular weight excluding hydrogens is 466 g/mol. The summed E-state index contributed by atoms with van der Waals surface area (Å²) >= 11 is 0. The van der Waals surface area contributed by atoms with Gasteiger partial charge in [0.15, 0.2) is 0 Å². The van der Waals surface area contributed by atoms with Crippen LogP contribution in [0.25, 0.3) is 11.3 Å². The molecule has 1 aliphatic rings. The number of nitrogens with one attached hydrogen (secondary N) is 1. The van der Waals surface area contributed by atoms with E-state index in [0.717, 1.165) is 16.8 Å². The van der Waals surface area contributed by atoms with Gasteiger partial charge in [-0.3, -0.25) is 9.36 Å². The molecule has 1 aromatic carbocycles. The molecular formula is C23H23N9O2S. The number of hydrogen-bond donors (Lipinski definition) is 1. The van der Waals surface area contributed by atoms with Gasteiger partial charge in [-0.2, -0.15) is 19.8 Å². The van der Waals surface area contributed by atoms with Gasteiger partial charge < -0.3 is 5.32 Å². The van der Waals surface area contributed by atoms with Crippen molar-refractivity contribution in [2.45, 2.75) is 17.7 Å². The first kappa shape index (κ1) is 22.7. The maximum Gasteiger partial charge on any atom is 0.227 e. The van der Waals surface area contributed by atoms with Crippen molar-refractivity contribution < 1.29 is 8.42 Å². The van der Waals surface area contributed by atoms with Crippen molar-refractivity contribution in [3.8, 4) is 17.3 Å². The van der Waals surface area contributed by atoms with E-state index in [2.05, 4.69) is 31.6 Å². The molecule has 4 heterocycles. The average molecular weight is 490 g/mol. The van der Waals surface area contributed by atoms with Crippen molar-refractivity contribution in [1.29, 1.82) is 5.26 Å². The Kier molecular flexibility index (Phi) is 5.80. The van der Waals surface area contributed by atoms with Crippen LogP contribution in [0.3, 0.4) is 0 Å². The maximum absolute atomic E-state index is 12.9. The van der Waals surface area contributed by atoms with Crippen molar-refractivity contribution in [3.05, 3.63) is 72.9 Å². The van der Waals surface area contributed by atoms with Gasteiger partial charge in [0.05, 0.1) is 42.0 Å². The molecule has 12 heteroatoms. The molecule has 35 heavy (non-hydrogen) atoms. The minimum absolute atomic E-state index is 0.0749. The van der Waals surface area contributed by atoms with Gasteiger partial charge in [0, 0.05) is 44.3 Å². The number of aromatic nitrogens is 6. The summed E-state index contributed by atoms with van der Waals surface area (Å²) in [4.78, 5) is 8.80. The zero-order valence-corrected chi connectivity index (χ0v) is 19.8. The van der Waals surface area contributed by atoms with E-state index in [9.17, 15) is 13.7 Å². The van der Waals surface area contributed by atoms with Gasteiger partial charge in [-0.15, -0.1) is 0 Å². The van der Waals surface area contributed by atoms with Crippen LogP contribution >= 0.6 is 0 Å². The minimum atomic E-state index is -3.51. The molecule has 0 atom stereocenters. The first-order chi connectivity index (χ1) is 16.9. The summed E-state index contributed by atoms with van der Waals surface area (Å²) in [5, 5.41) is 21.2. The number of nitriles is 1. The van der Waals surface area contributed by atoms with E-state index in [0.29, 0.717) is 11.6 Å². The highest BCUT2D eigenvalue weighted by molar-refractivity contribution is 7.88. The lowest BCUT2D eigenvalue weighted by atomic mass is 9.89. The summed E-state index contributed by atoms with van der Waals surface area (Å²) in [5.74, 6) is 0.339. The molecule has 0 spiro atoms. The van der Waals surface area contributed by atoms with Crippen molar-refractivity contribution in [1.82, 2.24) is 33.8 Å². The van der Waals surface area contributed by atoms with E-state index < -0.39 is 15.6 Å². The fraction of sp³-hybridized carbons (Fsp3) is 0.261. The van der Waals surface area contributed by atoms with E-state index in [1.54, 1.807) is 52.4 Å². The Balaban J connectivity index is 1.33. The molecule has 0 amide bonds. The minimum Gasteiger partial charge on any atom is -0.321 e. The lowest BCUT2D eigenvalue weighted by Gasteiger charge is -2.47. The highest BCUT2D eigenvalue weighted by atomic mass is 32.2. The number of rotatable bonds is 8. The molecule has 0 unspecified atom stereocenters. The van der Waals surface area contributed by atoms with E-state index in [-0.39, 0.29) is 25.3 Å². The normalized spacial score (nSPS) is 15.3. The number of sulfonamides is 1. The second-order valence-corrected chi connectivity index (χ2v) is 10.5. The first-order valence-corrected chi connectivity index (χ1v) is 12.5. The van der Waals surface area contributed by atoms with E-state index in [1.807, 2.05) is 31.4 Å². The third kappa shape index (κ3) is 4.64. The molecule has 11 nitrogen and oxygen atoms in total. The Hall–Kier alpha value is -4.08. The monoisotopic (exact) mass is 489 g/mol. The van der Waals surface area contributed by atoms with E-state index in [4.69, 9.17) is 0 Å². The molecule has 5 rings (SSSR count). The van der Waals surface area contributed by atoms with Crippen LogP contribution in [0.5, 0.6) is 0 Å². The largest absolute Gasteiger partial charge is 0.321 e. The number of aryl methyl sites for hydroxylation is 1. The molecule has 178 valence electrons. The molecule has 0 bridgehead atoms. The van der Waals surface area contributed by atoms with Crippen LogP contribution in [0.15, 0.2) is 67.4 Å². The van der Waals surface area contributed by atoms with E-state index >= 15 is 0 Å². The Morgan fingerprint density at radius 2 is 1.91 bits per heavy atom. The highest BCUT2D eigenvalue weighted by Crippen LogP contribution is 2.36. The molecule has 1 saturated heterocycles. The van der Waals surface area contributed by atoms with Gasteiger partial charge in [0.25, 0.3) is 0 Å². The van der Waals surface area contributed by atoms with Crippen molar-refractivity contribution in [3.63, 3.8) is 0 Å². The summed E-state index contributed by atoms with van der Waals surface area (Å²) in [6, 6.07) is 13.0. The van der Waals surface area contributed by atoms with Gasteiger partial charge in [-0.25, -0.2) is 18.4 Å². The van der Waals surface area contributed by atoms with Crippen LogP contribution in [-0.4, -0.2) is 55.3 Å². The summed E-state index contributed by atoms with van der Waals surface area (Å²) in [5.41, 5.74) is 2.16. The second kappa shape index (κ2) is 8.94. The Morgan fingerprint density at radius 1 is 1.11 bits per heavy atom. The Morgan fingerprint density at radius 3 is 2.63 bits per heavy atom. The predicted octanol–water partition coefficient (Wildman–Crippen LogP) is 2.27. The van der Waals surface area contributed by atoms with Gasteiger partial charge >= 0.3 is 0 Å². The third-order valence-corrected chi connectivity index (χ3v) is 7.66. The van der Waals surface area contributed by atoms with Crippen LogP contribution < -0.4 is 5.32 Å². The average Bonchev–Trinajstić information content (AvgIpc) is 3.46. The molecule has 1 fully saturated rings. The van der Waals surface area contributed by atoms with E-state index in [1.165, 1.54) is 4.31 Å². The molecule has 0 radical (unpaired) electrons. The van der Waals surface area contributed by atoms with Crippen LogP contribution in [-0.2, 0) is 28.4 Å². The zero-order chi connectivity index (χ0) is 24.5. The molecule has 0 aliphatic carbocycles. The first-order valence-electron chi connectivity index (χ1n) is 10.9. The van der Waals surface area contributed by atoms with Crippen LogP contribution in [0.1, 0.15) is 12.0 Å². The lowest BCUT2D eigenvalue weighted by molar-refractivity contribution is 0.0716. The smallest absolute Gasteiger partial charge is 0.227 e. The molecule has 4 aromatic rings. The fourth-order valence-corrected chi connectivity index (χ4v) is 5.75. The number of benzene rings is 1. The van der Waals surface area contributed by atoms with Crippen molar-refractivity contribution in [2.24, 2.45) is 7.05 Å². The number of hydrogen-bond acceptors (Lipinski definition) is 8. The van der Waals surface area contributed by atoms with Crippen LogP contribution in [0.4, 0.5) is 11.6 Å². The highest BCUT2D eigenvalue weighted by Gasteiger charge is 2.50. The molecule has 0 saturated carbocycles. The fourth-order valence-electron chi connectivity index (χ4n) is 4.08. The number of nitrogens with zero attached hydrogens (tertiary/aromatic N) is 8. The lowest BCUT2D eigenvalue weighted by Crippen LogP contribution is -2.64.